The highest BCUT2D eigenvalue weighted by Crippen LogP contribution is 2.36. The van der Waals surface area contributed by atoms with Crippen molar-refractivity contribution in [3.63, 3.8) is 0 Å². The molecule has 1 atom stereocenters. The molecule has 0 radical (unpaired) electrons. The molecule has 0 saturated carbocycles. The van der Waals surface area contributed by atoms with E-state index < -0.39 is 0 Å². The first kappa shape index (κ1) is 21.0. The lowest BCUT2D eigenvalue weighted by Gasteiger charge is -2.26. The van der Waals surface area contributed by atoms with Crippen molar-refractivity contribution in [3.8, 4) is 11.5 Å². The van der Waals surface area contributed by atoms with Gasteiger partial charge in [-0.1, -0.05) is 67.6 Å². The van der Waals surface area contributed by atoms with Crippen molar-refractivity contribution in [3.05, 3.63) is 95.1 Å². The van der Waals surface area contributed by atoms with Gasteiger partial charge in [0.25, 0.3) is 0 Å². The molecule has 1 amide bonds. The molecule has 4 heteroatoms. The van der Waals surface area contributed by atoms with Crippen molar-refractivity contribution in [2.24, 2.45) is 0 Å². The highest BCUT2D eigenvalue weighted by molar-refractivity contribution is 5.77. The monoisotopic (exact) mass is 415 g/mol. The average Bonchev–Trinajstić information content (AvgIpc) is 2.83. The Morgan fingerprint density at radius 1 is 0.903 bits per heavy atom. The fourth-order valence-corrected chi connectivity index (χ4v) is 4.03. The van der Waals surface area contributed by atoms with E-state index in [2.05, 4.69) is 48.6 Å². The van der Waals surface area contributed by atoms with Crippen LogP contribution in [0.15, 0.2) is 72.8 Å². The van der Waals surface area contributed by atoms with E-state index >= 15 is 0 Å². The lowest BCUT2D eigenvalue weighted by atomic mass is 9.92. The van der Waals surface area contributed by atoms with E-state index in [0.29, 0.717) is 19.6 Å². The van der Waals surface area contributed by atoms with Crippen molar-refractivity contribution in [2.75, 3.05) is 13.2 Å². The minimum Gasteiger partial charge on any atom is -0.486 e. The quantitative estimate of drug-likeness (QED) is 0.560. The van der Waals surface area contributed by atoms with Crippen LogP contribution in [0.2, 0.25) is 0 Å². The van der Waals surface area contributed by atoms with Crippen LogP contribution < -0.4 is 14.8 Å². The van der Waals surface area contributed by atoms with Gasteiger partial charge in [-0.25, -0.2) is 0 Å². The smallest absolute Gasteiger partial charge is 0.220 e. The summed E-state index contributed by atoms with van der Waals surface area (Å²) in [5.41, 5.74) is 4.64. The van der Waals surface area contributed by atoms with Gasteiger partial charge in [0.1, 0.15) is 13.2 Å². The normalized spacial score (nSPS) is 13.5. The van der Waals surface area contributed by atoms with Gasteiger partial charge >= 0.3 is 0 Å². The predicted molar refractivity (Wildman–Crippen MR) is 123 cm³/mol. The number of rotatable bonds is 8. The molecule has 0 aliphatic carbocycles. The highest BCUT2D eigenvalue weighted by atomic mass is 16.6. The number of hydrogen-bond donors (Lipinski definition) is 1. The summed E-state index contributed by atoms with van der Waals surface area (Å²) < 4.78 is 11.6. The van der Waals surface area contributed by atoms with E-state index in [1.54, 1.807) is 0 Å². The third kappa shape index (κ3) is 5.46. The number of fused-ring (bicyclic) bond motifs is 1. The van der Waals surface area contributed by atoms with Gasteiger partial charge in [-0.2, -0.15) is 0 Å². The van der Waals surface area contributed by atoms with Crippen LogP contribution in [-0.4, -0.2) is 19.1 Å². The molecule has 1 unspecified atom stereocenters. The third-order valence-corrected chi connectivity index (χ3v) is 5.66. The van der Waals surface area contributed by atoms with E-state index in [0.717, 1.165) is 36.3 Å². The predicted octanol–water partition coefficient (Wildman–Crippen LogP) is 5.05. The molecule has 4 rings (SSSR count). The van der Waals surface area contributed by atoms with Gasteiger partial charge in [-0.3, -0.25) is 4.79 Å². The number of carbonyl (C=O) groups excluding carboxylic acids is 1. The summed E-state index contributed by atoms with van der Waals surface area (Å²) in [6.07, 6.45) is 2.77. The highest BCUT2D eigenvalue weighted by Gasteiger charge is 2.22. The Hall–Kier alpha value is -3.27. The second-order valence-electron chi connectivity index (χ2n) is 7.84. The number of nitrogens with one attached hydrogen (secondary N) is 1. The van der Waals surface area contributed by atoms with Gasteiger partial charge in [0.05, 0.1) is 6.04 Å². The number of aryl methyl sites for hydroxylation is 2. The Kier molecular flexibility index (Phi) is 6.88. The fourth-order valence-electron chi connectivity index (χ4n) is 4.03. The lowest BCUT2D eigenvalue weighted by molar-refractivity contribution is -0.121. The number of hydrogen-bond acceptors (Lipinski definition) is 3. The van der Waals surface area contributed by atoms with Gasteiger partial charge < -0.3 is 14.8 Å². The van der Waals surface area contributed by atoms with Gasteiger partial charge in [-0.05, 0) is 53.6 Å². The Balaban J connectivity index is 1.57. The fraction of sp³-hybridized carbons (Fsp3) is 0.296. The Bertz CT molecular complexity index is 1000. The van der Waals surface area contributed by atoms with Crippen LogP contribution in [-0.2, 0) is 24.1 Å². The van der Waals surface area contributed by atoms with Gasteiger partial charge in [0.15, 0.2) is 11.5 Å². The molecule has 160 valence electrons. The summed E-state index contributed by atoms with van der Waals surface area (Å²) in [4.78, 5) is 12.9. The maximum atomic E-state index is 12.9. The van der Waals surface area contributed by atoms with Crippen molar-refractivity contribution in [1.29, 1.82) is 0 Å². The van der Waals surface area contributed by atoms with Gasteiger partial charge in [0, 0.05) is 6.42 Å². The number of benzene rings is 3. The lowest BCUT2D eigenvalue weighted by Crippen LogP contribution is -2.31. The summed E-state index contributed by atoms with van der Waals surface area (Å²) in [7, 11) is 0. The zero-order valence-corrected chi connectivity index (χ0v) is 18.0. The first-order chi connectivity index (χ1) is 15.2. The van der Waals surface area contributed by atoms with Crippen LogP contribution in [0, 0.1) is 0 Å². The summed E-state index contributed by atoms with van der Waals surface area (Å²) in [6, 6.07) is 24.4. The zero-order valence-electron chi connectivity index (χ0n) is 18.0. The van der Waals surface area contributed by atoms with Crippen molar-refractivity contribution < 1.29 is 14.3 Å². The van der Waals surface area contributed by atoms with Crippen molar-refractivity contribution in [1.82, 2.24) is 5.32 Å². The van der Waals surface area contributed by atoms with Gasteiger partial charge in [-0.15, -0.1) is 0 Å². The minimum atomic E-state index is -0.128. The Morgan fingerprint density at radius 3 is 2.16 bits per heavy atom. The summed E-state index contributed by atoms with van der Waals surface area (Å²) in [5.74, 6) is 1.61. The van der Waals surface area contributed by atoms with E-state index in [1.807, 2.05) is 36.4 Å². The topological polar surface area (TPSA) is 47.6 Å². The maximum absolute atomic E-state index is 12.9. The zero-order chi connectivity index (χ0) is 21.5. The molecule has 3 aromatic carbocycles. The molecule has 31 heavy (non-hydrogen) atoms. The van der Waals surface area contributed by atoms with Crippen molar-refractivity contribution in [2.45, 2.75) is 38.6 Å². The first-order valence-corrected chi connectivity index (χ1v) is 11.0. The standard InChI is InChI=1S/C27H29NO3/c1-2-22-18-25-26(31-16-15-30-25)19-23(22)24(17-21-11-7-4-8-12-21)28-27(29)14-13-20-9-5-3-6-10-20/h3-12,18-19,24H,2,13-17H2,1H3,(H,28,29). The number of amides is 1. The van der Waals surface area contributed by atoms with E-state index in [9.17, 15) is 4.79 Å². The number of ether oxygens (including phenoxy) is 2. The molecule has 3 aromatic rings. The first-order valence-electron chi connectivity index (χ1n) is 11.0. The van der Waals surface area contributed by atoms with Crippen LogP contribution in [0.25, 0.3) is 0 Å². The average molecular weight is 416 g/mol. The minimum absolute atomic E-state index is 0.0572. The molecule has 1 aliphatic rings. The SMILES string of the molecule is CCc1cc2c(cc1C(Cc1ccccc1)NC(=O)CCc1ccccc1)OCCO2. The molecule has 1 aliphatic heterocycles. The van der Waals surface area contributed by atoms with E-state index in [-0.39, 0.29) is 11.9 Å². The second kappa shape index (κ2) is 10.2. The molecule has 0 bridgehead atoms. The van der Waals surface area contributed by atoms with Crippen LogP contribution in [0.5, 0.6) is 11.5 Å². The van der Waals surface area contributed by atoms with Crippen LogP contribution >= 0.6 is 0 Å². The Morgan fingerprint density at radius 2 is 1.52 bits per heavy atom. The third-order valence-electron chi connectivity index (χ3n) is 5.66. The van der Waals surface area contributed by atoms with E-state index in [1.165, 1.54) is 16.7 Å². The summed E-state index contributed by atoms with van der Waals surface area (Å²) in [6.45, 7) is 3.25. The molecular formula is C27H29NO3. The summed E-state index contributed by atoms with van der Waals surface area (Å²) >= 11 is 0. The van der Waals surface area contributed by atoms with E-state index in [4.69, 9.17) is 9.47 Å². The number of carbonyl (C=O) groups is 1. The molecule has 1 heterocycles. The maximum Gasteiger partial charge on any atom is 0.220 e. The molecule has 4 nitrogen and oxygen atoms in total. The van der Waals surface area contributed by atoms with Crippen LogP contribution in [0.3, 0.4) is 0 Å². The molecule has 0 saturated heterocycles. The van der Waals surface area contributed by atoms with Gasteiger partial charge in [0.2, 0.25) is 5.91 Å². The summed E-state index contributed by atoms with van der Waals surface area (Å²) in [5, 5.41) is 3.30. The Labute approximate surface area is 184 Å². The second-order valence-corrected chi connectivity index (χ2v) is 7.84. The molecular weight excluding hydrogens is 386 g/mol. The van der Waals surface area contributed by atoms with Crippen LogP contribution in [0.4, 0.5) is 0 Å². The molecule has 0 spiro atoms. The molecule has 0 aromatic heterocycles. The van der Waals surface area contributed by atoms with Crippen LogP contribution in [0.1, 0.15) is 41.6 Å². The van der Waals surface area contributed by atoms with Crippen molar-refractivity contribution >= 4 is 5.91 Å². The largest absolute Gasteiger partial charge is 0.486 e. The molecule has 0 fully saturated rings. The molecule has 1 N–H and O–H groups in total.